The van der Waals surface area contributed by atoms with Crippen molar-refractivity contribution in [3.63, 3.8) is 0 Å². The lowest BCUT2D eigenvalue weighted by molar-refractivity contribution is 0.145. The molecule has 13 heavy (non-hydrogen) atoms. The van der Waals surface area contributed by atoms with Gasteiger partial charge in [0.15, 0.2) is 0 Å². The Kier molecular flexibility index (Phi) is 3.17. The number of aryl methyl sites for hydroxylation is 1. The Morgan fingerprint density at radius 1 is 1.62 bits per heavy atom. The van der Waals surface area contributed by atoms with Crippen molar-refractivity contribution in [2.75, 3.05) is 0 Å². The monoisotopic (exact) mass is 207 g/mol. The lowest BCUT2D eigenvalue weighted by Crippen LogP contribution is -2.00. The maximum Gasteiger partial charge on any atom is 0.265 e. The molecule has 1 N–H and O–H groups in total. The van der Waals surface area contributed by atoms with Crippen LogP contribution < -0.4 is 0 Å². The number of alkyl halides is 2. The second-order valence-electron chi connectivity index (χ2n) is 2.56. The van der Waals surface area contributed by atoms with E-state index in [0.29, 0.717) is 0 Å². The molecule has 72 valence electrons. The Bertz CT molecular complexity index is 317. The van der Waals surface area contributed by atoms with Crippen molar-refractivity contribution in [3.05, 3.63) is 28.0 Å². The number of hydrogen-bond acceptors (Lipinski definition) is 2. The third-order valence-corrected chi connectivity index (χ3v) is 1.89. The van der Waals surface area contributed by atoms with Crippen LogP contribution in [0.1, 0.15) is 23.2 Å². The van der Waals surface area contributed by atoms with Gasteiger partial charge in [-0.1, -0.05) is 11.6 Å². The molecular weight excluding hydrogens is 200 g/mol. The molecule has 0 saturated heterocycles. The fraction of sp³-hybridized carbons (Fsp3) is 0.375. The van der Waals surface area contributed by atoms with Crippen molar-refractivity contribution in [3.8, 4) is 0 Å². The standard InChI is InChI=1S/C8H8ClF2NO/c1-4-7(8(10)11)5(3-13)2-6(9)12-4/h2,8,13H,3H2,1H3. The molecule has 1 aromatic heterocycles. The van der Waals surface area contributed by atoms with E-state index in [1.807, 2.05) is 0 Å². The highest BCUT2D eigenvalue weighted by atomic mass is 35.5. The Hall–Kier alpha value is -0.740. The Labute approximate surface area is 79.2 Å². The van der Waals surface area contributed by atoms with E-state index in [0.717, 1.165) is 0 Å². The number of aromatic nitrogens is 1. The zero-order valence-electron chi connectivity index (χ0n) is 6.89. The van der Waals surface area contributed by atoms with Crippen LogP contribution in [-0.4, -0.2) is 10.1 Å². The fourth-order valence-electron chi connectivity index (χ4n) is 1.14. The van der Waals surface area contributed by atoms with E-state index in [1.54, 1.807) is 0 Å². The molecule has 0 aliphatic rings. The summed E-state index contributed by atoms with van der Waals surface area (Å²) in [6.45, 7) is 0.981. The first kappa shape index (κ1) is 10.3. The summed E-state index contributed by atoms with van der Waals surface area (Å²) in [5.41, 5.74) is 0.0611. The predicted octanol–water partition coefficient (Wildman–Crippen LogP) is 2.47. The normalized spacial score (nSPS) is 10.9. The Morgan fingerprint density at radius 3 is 2.69 bits per heavy atom. The van der Waals surface area contributed by atoms with Crippen molar-refractivity contribution in [2.24, 2.45) is 0 Å². The average molecular weight is 208 g/mol. The molecule has 1 heterocycles. The second-order valence-corrected chi connectivity index (χ2v) is 2.95. The van der Waals surface area contributed by atoms with Gasteiger partial charge in [0.2, 0.25) is 0 Å². The summed E-state index contributed by atoms with van der Waals surface area (Å²) in [4.78, 5) is 3.68. The van der Waals surface area contributed by atoms with Gasteiger partial charge in [-0.3, -0.25) is 0 Å². The number of pyridine rings is 1. The average Bonchev–Trinajstić information content (AvgIpc) is 2.01. The summed E-state index contributed by atoms with van der Waals surface area (Å²) >= 11 is 5.54. The first-order chi connectivity index (χ1) is 6.06. The minimum absolute atomic E-state index is 0.117. The lowest BCUT2D eigenvalue weighted by atomic mass is 10.1. The van der Waals surface area contributed by atoms with Crippen molar-refractivity contribution in [1.29, 1.82) is 0 Å². The summed E-state index contributed by atoms with van der Waals surface area (Å²) in [7, 11) is 0. The Balaban J connectivity index is 3.30. The molecule has 1 rings (SSSR count). The molecule has 0 aliphatic heterocycles. The topological polar surface area (TPSA) is 33.1 Å². The van der Waals surface area contributed by atoms with Crippen LogP contribution in [0.15, 0.2) is 6.07 Å². The number of halogens is 3. The zero-order valence-corrected chi connectivity index (χ0v) is 7.65. The molecule has 0 aromatic carbocycles. The highest BCUT2D eigenvalue weighted by molar-refractivity contribution is 6.29. The van der Waals surface area contributed by atoms with Crippen LogP contribution in [0.4, 0.5) is 8.78 Å². The van der Waals surface area contributed by atoms with Crippen LogP contribution >= 0.6 is 11.6 Å². The molecular formula is C8H8ClF2NO. The van der Waals surface area contributed by atoms with Gasteiger partial charge < -0.3 is 5.11 Å². The molecule has 0 aliphatic carbocycles. The van der Waals surface area contributed by atoms with E-state index in [-0.39, 0.29) is 22.0 Å². The molecule has 0 atom stereocenters. The zero-order chi connectivity index (χ0) is 10.0. The fourth-order valence-corrected chi connectivity index (χ4v) is 1.39. The van der Waals surface area contributed by atoms with Crippen molar-refractivity contribution >= 4 is 11.6 Å². The number of nitrogens with zero attached hydrogens (tertiary/aromatic N) is 1. The van der Waals surface area contributed by atoms with Crippen molar-refractivity contribution < 1.29 is 13.9 Å². The van der Waals surface area contributed by atoms with E-state index >= 15 is 0 Å². The first-order valence-corrected chi connectivity index (χ1v) is 3.99. The first-order valence-electron chi connectivity index (χ1n) is 3.61. The van der Waals surface area contributed by atoms with Crippen LogP contribution in [0.3, 0.4) is 0 Å². The highest BCUT2D eigenvalue weighted by Crippen LogP contribution is 2.27. The predicted molar refractivity (Wildman–Crippen MR) is 44.9 cm³/mol. The van der Waals surface area contributed by atoms with Crippen LogP contribution in [-0.2, 0) is 6.61 Å². The molecule has 0 spiro atoms. The molecule has 0 saturated carbocycles. The van der Waals surface area contributed by atoms with Gasteiger partial charge >= 0.3 is 0 Å². The highest BCUT2D eigenvalue weighted by Gasteiger charge is 2.17. The smallest absolute Gasteiger partial charge is 0.265 e. The summed E-state index contributed by atoms with van der Waals surface area (Å²) in [5.74, 6) is 0. The van der Waals surface area contributed by atoms with E-state index in [2.05, 4.69) is 4.98 Å². The minimum atomic E-state index is -2.63. The van der Waals surface area contributed by atoms with Gasteiger partial charge in [0.25, 0.3) is 6.43 Å². The van der Waals surface area contributed by atoms with E-state index in [9.17, 15) is 8.78 Å². The van der Waals surface area contributed by atoms with Crippen LogP contribution in [0, 0.1) is 6.92 Å². The molecule has 2 nitrogen and oxygen atoms in total. The van der Waals surface area contributed by atoms with E-state index in [1.165, 1.54) is 13.0 Å². The summed E-state index contributed by atoms with van der Waals surface area (Å²) in [6.07, 6.45) is -2.63. The van der Waals surface area contributed by atoms with Gasteiger partial charge in [-0.25, -0.2) is 13.8 Å². The molecule has 1 aromatic rings. The van der Waals surface area contributed by atoms with E-state index < -0.39 is 13.0 Å². The number of aliphatic hydroxyl groups is 1. The van der Waals surface area contributed by atoms with Gasteiger partial charge in [-0.05, 0) is 18.6 Å². The molecule has 0 bridgehead atoms. The van der Waals surface area contributed by atoms with Gasteiger partial charge in [0.1, 0.15) is 5.15 Å². The number of hydrogen-bond donors (Lipinski definition) is 1. The molecule has 0 radical (unpaired) electrons. The summed E-state index contributed by atoms with van der Waals surface area (Å²) < 4.78 is 24.8. The molecule has 5 heteroatoms. The molecule has 0 amide bonds. The molecule has 0 unspecified atom stereocenters. The summed E-state index contributed by atoms with van der Waals surface area (Å²) in [5, 5.41) is 8.91. The second kappa shape index (κ2) is 3.98. The van der Waals surface area contributed by atoms with Crippen LogP contribution in [0.2, 0.25) is 5.15 Å². The van der Waals surface area contributed by atoms with Gasteiger partial charge in [-0.2, -0.15) is 0 Å². The third-order valence-electron chi connectivity index (χ3n) is 1.69. The maximum atomic E-state index is 12.4. The van der Waals surface area contributed by atoms with Crippen LogP contribution in [0.25, 0.3) is 0 Å². The summed E-state index contributed by atoms with van der Waals surface area (Å²) in [6, 6.07) is 1.25. The number of aliphatic hydroxyl groups excluding tert-OH is 1. The largest absolute Gasteiger partial charge is 0.392 e. The maximum absolute atomic E-state index is 12.4. The Morgan fingerprint density at radius 2 is 2.23 bits per heavy atom. The van der Waals surface area contributed by atoms with Gasteiger partial charge in [-0.15, -0.1) is 0 Å². The van der Waals surface area contributed by atoms with E-state index in [4.69, 9.17) is 16.7 Å². The van der Waals surface area contributed by atoms with Crippen molar-refractivity contribution in [2.45, 2.75) is 20.0 Å². The number of rotatable bonds is 2. The quantitative estimate of drug-likeness (QED) is 0.756. The SMILES string of the molecule is Cc1nc(Cl)cc(CO)c1C(F)F. The molecule has 0 fully saturated rings. The third kappa shape index (κ3) is 2.14. The van der Waals surface area contributed by atoms with Gasteiger partial charge in [0, 0.05) is 11.3 Å². The lowest BCUT2D eigenvalue weighted by Gasteiger charge is -2.09. The van der Waals surface area contributed by atoms with Crippen LogP contribution in [0.5, 0.6) is 0 Å². The van der Waals surface area contributed by atoms with Gasteiger partial charge in [0.05, 0.1) is 6.61 Å². The minimum Gasteiger partial charge on any atom is -0.392 e. The van der Waals surface area contributed by atoms with Crippen molar-refractivity contribution in [1.82, 2.24) is 4.98 Å².